The van der Waals surface area contributed by atoms with E-state index in [1.807, 2.05) is 0 Å². The van der Waals surface area contributed by atoms with E-state index in [4.69, 9.17) is 0 Å². The van der Waals surface area contributed by atoms with Gasteiger partial charge in [-0.05, 0) is 23.1 Å². The van der Waals surface area contributed by atoms with E-state index < -0.39 is 23.5 Å². The molecule has 6 aromatic rings. The Morgan fingerprint density at radius 3 is 1.63 bits per heavy atom. The third kappa shape index (κ3) is 13.1. The molecule has 0 aromatic heterocycles. The van der Waals surface area contributed by atoms with Crippen LogP contribution in [0.2, 0.25) is 0 Å². The monoisotopic (exact) mass is 956 g/mol. The van der Waals surface area contributed by atoms with Crippen molar-refractivity contribution in [3.05, 3.63) is 203 Å². The van der Waals surface area contributed by atoms with Crippen molar-refractivity contribution in [1.29, 1.82) is 0 Å². The minimum absolute atomic E-state index is 0. The number of alkyl halides is 6. The van der Waals surface area contributed by atoms with E-state index in [9.17, 15) is 26.3 Å². The first-order chi connectivity index (χ1) is 28.5. The normalized spacial score (nSPS) is 13.8. The third-order valence-electron chi connectivity index (χ3n) is 10.6. The molecule has 0 aliphatic heterocycles. The molecule has 1 unspecified atom stereocenters. The number of hydrogen-bond donors (Lipinski definition) is 0. The van der Waals surface area contributed by atoms with E-state index in [0.29, 0.717) is 25.7 Å². The van der Waals surface area contributed by atoms with Crippen LogP contribution in [0.3, 0.4) is 0 Å². The van der Waals surface area contributed by atoms with Crippen molar-refractivity contribution in [1.82, 2.24) is 0 Å². The zero-order valence-corrected chi connectivity index (χ0v) is 38.8. The number of benzene rings is 6. The fraction of sp³-hybridized carbons (Fsp3) is 0.226. The van der Waals surface area contributed by atoms with Crippen LogP contribution < -0.4 is 24.8 Å². The van der Waals surface area contributed by atoms with Crippen molar-refractivity contribution < 1.29 is 75.4 Å². The molecule has 8 rings (SSSR count). The van der Waals surface area contributed by atoms with Gasteiger partial charge in [-0.25, -0.2) is 6.08 Å². The Morgan fingerprint density at radius 1 is 0.629 bits per heavy atom. The molecule has 2 aliphatic carbocycles. The molecule has 0 fully saturated rings. The maximum absolute atomic E-state index is 12.5. The molecule has 0 nitrogen and oxygen atoms in total. The van der Waals surface area contributed by atoms with Crippen molar-refractivity contribution in [2.45, 2.75) is 65.7 Å². The second-order valence-electron chi connectivity index (χ2n) is 16.0. The largest absolute Gasteiger partial charge is 1.00 e. The van der Waals surface area contributed by atoms with Gasteiger partial charge in [0.2, 0.25) is 0 Å². The molecular formula is C53H46Cl2F6Zr-2. The molecule has 320 valence electrons. The van der Waals surface area contributed by atoms with Crippen LogP contribution >= 0.6 is 0 Å². The van der Waals surface area contributed by atoms with Crippen LogP contribution in [0.15, 0.2) is 157 Å². The number of rotatable bonds is 7. The Kier molecular flexibility index (Phi) is 17.8. The molecule has 1 atom stereocenters. The third-order valence-corrected chi connectivity index (χ3v) is 12.0. The van der Waals surface area contributed by atoms with E-state index in [1.165, 1.54) is 93.6 Å². The molecule has 62 heavy (non-hydrogen) atoms. The Balaban J connectivity index is 0.000000211. The topological polar surface area (TPSA) is 0 Å². The average Bonchev–Trinajstić information content (AvgIpc) is 3.88. The summed E-state index contributed by atoms with van der Waals surface area (Å²) < 4.78 is 75.6. The first-order valence-corrected chi connectivity index (χ1v) is 21.3. The number of fused-ring (bicyclic) bond motifs is 3. The number of allylic oxidation sites excluding steroid dienone is 4. The second-order valence-corrected chi connectivity index (χ2v) is 17.2. The van der Waals surface area contributed by atoms with E-state index >= 15 is 0 Å². The summed E-state index contributed by atoms with van der Waals surface area (Å²) in [7, 11) is 0. The molecule has 2 aliphatic rings. The molecule has 0 saturated heterocycles. The number of unbranched alkanes of at least 4 members (excludes halogenated alkanes) is 1. The van der Waals surface area contributed by atoms with Crippen molar-refractivity contribution in [3.63, 3.8) is 0 Å². The van der Waals surface area contributed by atoms with Crippen LogP contribution in [-0.2, 0) is 43.0 Å². The fourth-order valence-electron chi connectivity index (χ4n) is 7.11. The van der Waals surface area contributed by atoms with Crippen LogP contribution in [0.1, 0.15) is 80.3 Å². The first-order valence-electron chi connectivity index (χ1n) is 20.1. The van der Waals surface area contributed by atoms with E-state index in [2.05, 4.69) is 143 Å². The average molecular weight is 959 g/mol. The second kappa shape index (κ2) is 21.9. The maximum Gasteiger partial charge on any atom is -0.0181 e. The van der Waals surface area contributed by atoms with Crippen molar-refractivity contribution >= 4 is 3.21 Å². The Bertz CT molecular complexity index is 2300. The molecule has 0 amide bonds. The smallest absolute Gasteiger partial charge is 0.0181 e. The van der Waals surface area contributed by atoms with Gasteiger partial charge in [-0.1, -0.05) is 154 Å². The molecule has 6 aromatic carbocycles. The van der Waals surface area contributed by atoms with Gasteiger partial charge >= 0.3 is 137 Å². The summed E-state index contributed by atoms with van der Waals surface area (Å²) >= 11 is 0.898. The molecule has 0 bridgehead atoms. The van der Waals surface area contributed by atoms with Gasteiger partial charge in [0.15, 0.2) is 0 Å². The van der Waals surface area contributed by atoms with Crippen molar-refractivity contribution in [3.8, 4) is 33.4 Å². The fourth-order valence-corrected chi connectivity index (χ4v) is 7.92. The maximum atomic E-state index is 12.5. The number of halogens is 8. The number of hydrogen-bond acceptors (Lipinski definition) is 0. The predicted molar refractivity (Wildman–Crippen MR) is 229 cm³/mol. The Labute approximate surface area is 389 Å². The van der Waals surface area contributed by atoms with Gasteiger partial charge in [-0.2, -0.15) is 11.6 Å². The molecule has 0 heterocycles. The minimum atomic E-state index is -4.41. The first kappa shape index (κ1) is 50.4. The predicted octanol–water partition coefficient (Wildman–Crippen LogP) is 9.38. The van der Waals surface area contributed by atoms with Crippen LogP contribution in [0.25, 0.3) is 33.4 Å². The van der Waals surface area contributed by atoms with E-state index in [1.54, 1.807) is 0 Å². The van der Waals surface area contributed by atoms with Crippen molar-refractivity contribution in [2.75, 3.05) is 0 Å². The molecule has 9 heteroatoms. The molecule has 0 radical (unpaired) electrons. The van der Waals surface area contributed by atoms with Gasteiger partial charge < -0.3 is 24.8 Å². The summed E-state index contributed by atoms with van der Waals surface area (Å²) in [6.07, 6.45) is 4.02. The van der Waals surface area contributed by atoms with Gasteiger partial charge in [0, 0.05) is 0 Å². The minimum Gasteiger partial charge on any atom is -1.00 e. The zero-order valence-electron chi connectivity index (χ0n) is 34.9. The van der Waals surface area contributed by atoms with Crippen LogP contribution in [0, 0.1) is 23.5 Å². The SMILES string of the molecule is CCCCC1[C-]=CC(C(C)(C)C)=C1.FC(F)(F)c1ccc([C](=[Zr+2])c2ccc(C(F)(F)F)cc2)cc1.[Cl-].[Cl-].[c-]1c(-c2ccccc2)ccc2c1Cc1cc(-c3ccccc3)ccc1-2. The van der Waals surface area contributed by atoms with Gasteiger partial charge in [-0.3, -0.25) is 6.08 Å². The Hall–Kier alpha value is -4.29. The van der Waals surface area contributed by atoms with Gasteiger partial charge in [0.1, 0.15) is 0 Å². The van der Waals surface area contributed by atoms with E-state index in [0.717, 1.165) is 54.9 Å². The zero-order chi connectivity index (χ0) is 43.1. The van der Waals surface area contributed by atoms with Crippen LogP contribution in [0.5, 0.6) is 0 Å². The van der Waals surface area contributed by atoms with Gasteiger partial charge in [-0.15, -0.1) is 29.3 Å². The quantitative estimate of drug-likeness (QED) is 0.111. The summed E-state index contributed by atoms with van der Waals surface area (Å²) in [6.45, 7) is 9.03. The summed E-state index contributed by atoms with van der Waals surface area (Å²) in [6, 6.07) is 45.2. The summed E-state index contributed by atoms with van der Waals surface area (Å²) in [4.78, 5) is 0. The summed E-state index contributed by atoms with van der Waals surface area (Å²) in [5.74, 6) is 0.592. The molecule has 0 N–H and O–H groups in total. The molecular weight excluding hydrogens is 913 g/mol. The van der Waals surface area contributed by atoms with Crippen LogP contribution in [-0.4, -0.2) is 3.21 Å². The summed E-state index contributed by atoms with van der Waals surface area (Å²) in [5, 5.41) is 0. The van der Waals surface area contributed by atoms with Crippen LogP contribution in [0.4, 0.5) is 26.3 Å². The standard InChI is InChI=1S/C25H17.C15H8F6.C13H21.2ClH.Zr/c1-3-7-18(8-4-1)20-11-13-24-22(15-20)17-23-16-21(12-14-25(23)24)19-9-5-2-6-10-19;16-14(17,18)12-5-1-10(2-6-12)9-11-3-7-13(8-4-11)15(19,20)21;1-5-6-7-11-8-9-12(10-11)13(2,3)4;;;/h1-15H,17H2;1-8H;9-11H,5-7H2,1-4H3;2*1H;/q-1;;-1;;;+2/p-2. The summed E-state index contributed by atoms with van der Waals surface area (Å²) in [5.41, 5.74) is 11.7. The van der Waals surface area contributed by atoms with Gasteiger partial charge in [0.05, 0.1) is 0 Å². The van der Waals surface area contributed by atoms with E-state index in [-0.39, 0.29) is 24.8 Å². The van der Waals surface area contributed by atoms with Gasteiger partial charge in [0.25, 0.3) is 0 Å². The Morgan fingerprint density at radius 2 is 1.15 bits per heavy atom. The van der Waals surface area contributed by atoms with Crippen molar-refractivity contribution in [2.24, 2.45) is 11.3 Å². The molecule has 0 spiro atoms. The molecule has 0 saturated carbocycles.